The van der Waals surface area contributed by atoms with Crippen molar-refractivity contribution in [2.24, 2.45) is 5.73 Å². The number of nitrogens with two attached hydrogens (primary N) is 1. The lowest BCUT2D eigenvalue weighted by Gasteiger charge is -2.33. The number of aromatic nitrogens is 2. The van der Waals surface area contributed by atoms with E-state index in [4.69, 9.17) is 10.5 Å². The van der Waals surface area contributed by atoms with Crippen molar-refractivity contribution in [1.82, 2.24) is 9.97 Å². The molecule has 1 aromatic heterocycles. The van der Waals surface area contributed by atoms with Crippen molar-refractivity contribution >= 4 is 39.4 Å². The van der Waals surface area contributed by atoms with Gasteiger partial charge in [-0.2, -0.15) is 13.2 Å². The van der Waals surface area contributed by atoms with E-state index >= 15 is 0 Å². The number of benzene rings is 1. The maximum Gasteiger partial charge on any atom is 0.434 e. The van der Waals surface area contributed by atoms with Crippen LogP contribution in [0.2, 0.25) is 0 Å². The van der Waals surface area contributed by atoms with E-state index in [0.29, 0.717) is 23.0 Å². The molecule has 1 aliphatic rings. The highest BCUT2D eigenvalue weighted by molar-refractivity contribution is 9.10. The molecule has 7 nitrogen and oxygen atoms in total. The average molecular weight is 487 g/mol. The summed E-state index contributed by atoms with van der Waals surface area (Å²) in [5, 5.41) is 2.65. The van der Waals surface area contributed by atoms with Crippen LogP contribution in [-0.2, 0) is 15.7 Å². The van der Waals surface area contributed by atoms with Gasteiger partial charge in [0.25, 0.3) is 5.91 Å². The van der Waals surface area contributed by atoms with E-state index in [9.17, 15) is 22.8 Å². The molecule has 1 heterocycles. The fraction of sp³-hybridized carbons (Fsp3) is 0.368. The first-order chi connectivity index (χ1) is 14.1. The highest BCUT2D eigenvalue weighted by atomic mass is 79.9. The Morgan fingerprint density at radius 2 is 1.90 bits per heavy atom. The lowest BCUT2D eigenvalue weighted by atomic mass is 9.84. The molecule has 11 heteroatoms. The van der Waals surface area contributed by atoms with Gasteiger partial charge in [0.15, 0.2) is 11.3 Å². The molecule has 3 rings (SSSR count). The number of rotatable bonds is 5. The van der Waals surface area contributed by atoms with Crippen LogP contribution in [0.25, 0.3) is 0 Å². The molecule has 3 N–H and O–H groups in total. The molecule has 0 bridgehead atoms. The number of hydrogen-bond donors (Lipinski definition) is 2. The summed E-state index contributed by atoms with van der Waals surface area (Å²) in [5.74, 6) is -2.56. The van der Waals surface area contributed by atoms with E-state index in [1.807, 2.05) is 0 Å². The van der Waals surface area contributed by atoms with Crippen molar-refractivity contribution in [1.29, 1.82) is 0 Å². The Balaban J connectivity index is 1.91. The van der Waals surface area contributed by atoms with E-state index in [1.54, 1.807) is 24.3 Å². The van der Waals surface area contributed by atoms with E-state index in [1.165, 1.54) is 0 Å². The normalized spacial score (nSPS) is 16.0. The van der Waals surface area contributed by atoms with Gasteiger partial charge in [-0.15, -0.1) is 0 Å². The predicted octanol–water partition coefficient (Wildman–Crippen LogP) is 4.35. The van der Waals surface area contributed by atoms with Crippen LogP contribution in [0.15, 0.2) is 34.9 Å². The number of primary amides is 1. The summed E-state index contributed by atoms with van der Waals surface area (Å²) in [6.07, 6.45) is -1.91. The van der Waals surface area contributed by atoms with Crippen molar-refractivity contribution in [2.45, 2.75) is 43.9 Å². The third kappa shape index (κ3) is 4.89. The fourth-order valence-electron chi connectivity index (χ4n) is 3.26. The molecule has 1 saturated carbocycles. The van der Waals surface area contributed by atoms with Crippen LogP contribution in [0, 0.1) is 0 Å². The Morgan fingerprint density at radius 1 is 1.20 bits per heavy atom. The van der Waals surface area contributed by atoms with Crippen molar-refractivity contribution in [2.75, 3.05) is 5.32 Å². The van der Waals surface area contributed by atoms with Crippen molar-refractivity contribution in [3.8, 4) is 0 Å². The molecule has 1 aromatic carbocycles. The van der Waals surface area contributed by atoms with Crippen molar-refractivity contribution in [3.05, 3.63) is 46.2 Å². The van der Waals surface area contributed by atoms with E-state index in [2.05, 4.69) is 31.2 Å². The maximum atomic E-state index is 13.6. The molecular formula is C19H18BrF3N4O3. The highest BCUT2D eigenvalue weighted by Crippen LogP contribution is 2.35. The Hall–Kier alpha value is -2.69. The van der Waals surface area contributed by atoms with Gasteiger partial charge in [0, 0.05) is 16.4 Å². The molecule has 160 valence electrons. The van der Waals surface area contributed by atoms with Gasteiger partial charge in [-0.25, -0.2) is 14.8 Å². The minimum absolute atomic E-state index is 0.165. The van der Waals surface area contributed by atoms with Crippen LogP contribution in [0.1, 0.15) is 48.2 Å². The number of ether oxygens (including phenoxy) is 1. The maximum absolute atomic E-state index is 13.6. The first-order valence-corrected chi connectivity index (χ1v) is 9.90. The summed E-state index contributed by atoms with van der Waals surface area (Å²) < 4.78 is 46.7. The molecule has 0 atom stereocenters. The van der Waals surface area contributed by atoms with Crippen molar-refractivity contribution < 1.29 is 27.5 Å². The number of nitrogens with one attached hydrogen (secondary N) is 1. The topological polar surface area (TPSA) is 107 Å². The van der Waals surface area contributed by atoms with Gasteiger partial charge in [0.05, 0.1) is 0 Å². The summed E-state index contributed by atoms with van der Waals surface area (Å²) in [5.41, 5.74) is 1.87. The second kappa shape index (κ2) is 8.58. The van der Waals surface area contributed by atoms with Crippen LogP contribution in [0.5, 0.6) is 0 Å². The minimum atomic E-state index is -4.95. The lowest BCUT2D eigenvalue weighted by molar-refractivity contribution is -0.143. The average Bonchev–Trinajstić information content (AvgIpc) is 2.68. The Labute approximate surface area is 178 Å². The second-order valence-corrected chi connectivity index (χ2v) is 7.81. The molecular weight excluding hydrogens is 469 g/mol. The molecule has 1 aliphatic carbocycles. The first-order valence-electron chi connectivity index (χ1n) is 9.11. The predicted molar refractivity (Wildman–Crippen MR) is 105 cm³/mol. The second-order valence-electron chi connectivity index (χ2n) is 6.90. The molecule has 0 unspecified atom stereocenters. The number of amides is 1. The summed E-state index contributed by atoms with van der Waals surface area (Å²) >= 11 is 3.26. The van der Waals surface area contributed by atoms with Crippen LogP contribution in [-0.4, -0.2) is 27.4 Å². The van der Waals surface area contributed by atoms with Gasteiger partial charge in [-0.1, -0.05) is 28.4 Å². The van der Waals surface area contributed by atoms with E-state index in [0.717, 1.165) is 12.6 Å². The van der Waals surface area contributed by atoms with E-state index < -0.39 is 34.9 Å². The van der Waals surface area contributed by atoms with Crippen molar-refractivity contribution in [3.63, 3.8) is 0 Å². The van der Waals surface area contributed by atoms with Crippen LogP contribution in [0.4, 0.5) is 24.8 Å². The van der Waals surface area contributed by atoms with Gasteiger partial charge < -0.3 is 15.8 Å². The lowest BCUT2D eigenvalue weighted by Crippen LogP contribution is -2.49. The summed E-state index contributed by atoms with van der Waals surface area (Å²) in [4.78, 5) is 31.7. The quantitative estimate of drug-likeness (QED) is 0.608. The Bertz CT molecular complexity index is 962. The standard InChI is InChI=1S/C19H18BrF3N4O3/c20-11-5-4-6-12(9-11)26-17-25-10-13(14(27-17)19(21,22)23)15(28)30-18(16(24)29)7-2-1-3-8-18/h4-6,9-10H,1-3,7-8H2,(H2,24,29)(H,25,26,27). The largest absolute Gasteiger partial charge is 0.445 e. The zero-order chi connectivity index (χ0) is 21.9. The Kier molecular flexibility index (Phi) is 6.30. The van der Waals surface area contributed by atoms with Gasteiger partial charge in [-0.3, -0.25) is 4.79 Å². The smallest absolute Gasteiger partial charge is 0.434 e. The third-order valence-corrected chi connectivity index (χ3v) is 5.25. The van der Waals surface area contributed by atoms with E-state index in [-0.39, 0.29) is 18.8 Å². The molecule has 0 saturated heterocycles. The zero-order valence-electron chi connectivity index (χ0n) is 15.6. The number of anilines is 2. The monoisotopic (exact) mass is 486 g/mol. The van der Waals surface area contributed by atoms with Gasteiger partial charge >= 0.3 is 12.1 Å². The number of halogens is 4. The zero-order valence-corrected chi connectivity index (χ0v) is 17.2. The van der Waals surface area contributed by atoms with Crippen LogP contribution >= 0.6 is 15.9 Å². The number of carbonyl (C=O) groups is 2. The van der Waals surface area contributed by atoms with Gasteiger partial charge in [-0.05, 0) is 43.9 Å². The highest BCUT2D eigenvalue weighted by Gasteiger charge is 2.44. The number of esters is 1. The number of alkyl halides is 3. The SMILES string of the molecule is NC(=O)C1(OC(=O)c2cnc(Nc3cccc(Br)c3)nc2C(F)(F)F)CCCCC1. The van der Waals surface area contributed by atoms with Gasteiger partial charge in [0.1, 0.15) is 5.56 Å². The van der Waals surface area contributed by atoms with Gasteiger partial charge in [0.2, 0.25) is 5.95 Å². The summed E-state index contributed by atoms with van der Waals surface area (Å²) in [6.45, 7) is 0. The number of carbonyl (C=O) groups excluding carboxylic acids is 2. The molecule has 30 heavy (non-hydrogen) atoms. The molecule has 2 aromatic rings. The van der Waals surface area contributed by atoms with Crippen LogP contribution in [0.3, 0.4) is 0 Å². The minimum Gasteiger partial charge on any atom is -0.445 e. The first kappa shape index (κ1) is 22.0. The molecule has 0 radical (unpaired) electrons. The summed E-state index contributed by atoms with van der Waals surface area (Å²) in [7, 11) is 0. The van der Waals surface area contributed by atoms with Crippen LogP contribution < -0.4 is 11.1 Å². The summed E-state index contributed by atoms with van der Waals surface area (Å²) in [6, 6.07) is 6.66. The molecule has 0 aliphatic heterocycles. The number of nitrogens with zero attached hydrogens (tertiary/aromatic N) is 2. The molecule has 1 fully saturated rings. The fourth-order valence-corrected chi connectivity index (χ4v) is 3.66. The number of hydrogen-bond acceptors (Lipinski definition) is 6. The third-order valence-electron chi connectivity index (χ3n) is 4.76. The molecule has 0 spiro atoms. The molecule has 1 amide bonds. The Morgan fingerprint density at radius 3 is 2.50 bits per heavy atom.